The zero-order valence-corrected chi connectivity index (χ0v) is 6.58. The van der Waals surface area contributed by atoms with Gasteiger partial charge in [0.15, 0.2) is 4.21 Å². The molecule has 0 aliphatic heterocycles. The van der Waals surface area contributed by atoms with Crippen LogP contribution in [0.3, 0.4) is 0 Å². The van der Waals surface area contributed by atoms with E-state index in [1.165, 1.54) is 6.07 Å². The molecule has 0 fully saturated rings. The largest absolute Gasteiger partial charge is 0.397 e. The molecule has 0 aromatic carbocycles. The van der Waals surface area contributed by atoms with E-state index in [2.05, 4.69) is 0 Å². The average molecular weight is 178 g/mol. The van der Waals surface area contributed by atoms with Crippen LogP contribution in [0.5, 0.6) is 0 Å². The van der Waals surface area contributed by atoms with Gasteiger partial charge in [-0.25, -0.2) is 13.6 Å². The summed E-state index contributed by atoms with van der Waals surface area (Å²) < 4.78 is 21.3. The summed E-state index contributed by atoms with van der Waals surface area (Å²) in [6, 6.07) is 1.50. The Morgan fingerprint density at radius 1 is 1.50 bits per heavy atom. The summed E-state index contributed by atoms with van der Waals surface area (Å²) in [5, 5.41) is 6.38. The van der Waals surface area contributed by atoms with Gasteiger partial charge in [-0.1, -0.05) is 0 Å². The molecule has 0 aliphatic rings. The van der Waals surface area contributed by atoms with Crippen LogP contribution in [0.2, 0.25) is 0 Å². The molecule has 6 heteroatoms. The van der Waals surface area contributed by atoms with Gasteiger partial charge in [0.1, 0.15) is 0 Å². The van der Waals surface area contributed by atoms with Gasteiger partial charge in [-0.15, -0.1) is 11.3 Å². The molecule has 1 aromatic rings. The summed E-state index contributed by atoms with van der Waals surface area (Å²) in [5.74, 6) is 0. The maximum absolute atomic E-state index is 10.6. The lowest BCUT2D eigenvalue weighted by Gasteiger charge is -1.92. The monoisotopic (exact) mass is 178 g/mol. The minimum atomic E-state index is -3.60. The van der Waals surface area contributed by atoms with Crippen LogP contribution in [-0.2, 0) is 10.0 Å². The van der Waals surface area contributed by atoms with Crippen molar-refractivity contribution in [2.24, 2.45) is 5.14 Å². The molecule has 0 atom stereocenters. The SMILES string of the molecule is Nc1ccsc1S(N)(=O)=O. The second-order valence-electron chi connectivity index (χ2n) is 1.71. The van der Waals surface area contributed by atoms with Gasteiger partial charge in [0, 0.05) is 0 Å². The quantitative estimate of drug-likeness (QED) is 0.633. The van der Waals surface area contributed by atoms with E-state index < -0.39 is 10.0 Å². The number of thiophene rings is 1. The van der Waals surface area contributed by atoms with E-state index in [1.807, 2.05) is 0 Å². The van der Waals surface area contributed by atoms with Crippen molar-refractivity contribution in [3.63, 3.8) is 0 Å². The van der Waals surface area contributed by atoms with Crippen molar-refractivity contribution in [2.45, 2.75) is 4.21 Å². The van der Waals surface area contributed by atoms with Crippen molar-refractivity contribution in [3.8, 4) is 0 Å². The summed E-state index contributed by atoms with van der Waals surface area (Å²) in [4.78, 5) is 0. The van der Waals surface area contributed by atoms with Crippen molar-refractivity contribution in [3.05, 3.63) is 11.4 Å². The van der Waals surface area contributed by atoms with Crippen LogP contribution in [0.4, 0.5) is 5.69 Å². The number of primary sulfonamides is 1. The van der Waals surface area contributed by atoms with E-state index in [1.54, 1.807) is 5.38 Å². The lowest BCUT2D eigenvalue weighted by Crippen LogP contribution is -2.11. The Morgan fingerprint density at radius 2 is 2.10 bits per heavy atom. The summed E-state index contributed by atoms with van der Waals surface area (Å²) in [6.07, 6.45) is 0. The Hall–Kier alpha value is -0.590. The first kappa shape index (κ1) is 7.52. The van der Waals surface area contributed by atoms with Crippen molar-refractivity contribution >= 4 is 27.0 Å². The minimum absolute atomic E-state index is 0.0347. The Bertz CT molecular complexity index is 327. The normalized spacial score (nSPS) is 11.7. The molecule has 0 saturated heterocycles. The Kier molecular flexibility index (Phi) is 1.67. The van der Waals surface area contributed by atoms with Crippen molar-refractivity contribution in [1.29, 1.82) is 0 Å². The molecule has 10 heavy (non-hydrogen) atoms. The summed E-state index contributed by atoms with van der Waals surface area (Å²) in [6.45, 7) is 0. The second-order valence-corrected chi connectivity index (χ2v) is 4.38. The van der Waals surface area contributed by atoms with E-state index in [4.69, 9.17) is 10.9 Å². The molecule has 0 unspecified atom stereocenters. The molecule has 56 valence electrons. The van der Waals surface area contributed by atoms with E-state index in [-0.39, 0.29) is 9.90 Å². The van der Waals surface area contributed by atoms with Gasteiger partial charge >= 0.3 is 0 Å². The first-order valence-electron chi connectivity index (χ1n) is 2.37. The number of nitrogens with two attached hydrogens (primary N) is 2. The van der Waals surface area contributed by atoms with E-state index in [0.717, 1.165) is 11.3 Å². The average Bonchev–Trinajstić information content (AvgIpc) is 2.11. The van der Waals surface area contributed by atoms with Crippen LogP contribution in [0.1, 0.15) is 0 Å². The minimum Gasteiger partial charge on any atom is -0.397 e. The van der Waals surface area contributed by atoms with Crippen molar-refractivity contribution < 1.29 is 8.42 Å². The third-order valence-electron chi connectivity index (χ3n) is 0.917. The lowest BCUT2D eigenvalue weighted by molar-refractivity contribution is 0.600. The molecule has 0 radical (unpaired) electrons. The van der Waals surface area contributed by atoms with Gasteiger partial charge in [0.05, 0.1) is 5.69 Å². The highest BCUT2D eigenvalue weighted by Crippen LogP contribution is 2.22. The molecule has 4 N–H and O–H groups in total. The fourth-order valence-corrected chi connectivity index (χ4v) is 2.18. The standard InChI is InChI=1S/C4H6N2O2S2/c5-3-1-2-9-4(3)10(6,7)8/h1-2H,5H2,(H2,6,7,8). The molecular weight excluding hydrogens is 172 g/mol. The zero-order chi connectivity index (χ0) is 7.78. The molecule has 0 aliphatic carbocycles. The third-order valence-corrected chi connectivity index (χ3v) is 3.38. The zero-order valence-electron chi connectivity index (χ0n) is 4.94. The highest BCUT2D eigenvalue weighted by molar-refractivity contribution is 7.91. The summed E-state index contributed by atoms with van der Waals surface area (Å²) >= 11 is 1.02. The second kappa shape index (κ2) is 2.22. The molecule has 1 aromatic heterocycles. The Labute approximate surface area is 62.5 Å². The maximum atomic E-state index is 10.6. The topological polar surface area (TPSA) is 86.2 Å². The number of sulfonamides is 1. The molecular formula is C4H6N2O2S2. The predicted molar refractivity (Wildman–Crippen MR) is 40.1 cm³/mol. The van der Waals surface area contributed by atoms with Gasteiger partial charge in [0.25, 0.3) is 0 Å². The highest BCUT2D eigenvalue weighted by Gasteiger charge is 2.12. The summed E-state index contributed by atoms with van der Waals surface area (Å²) in [7, 11) is -3.60. The third kappa shape index (κ3) is 1.28. The van der Waals surface area contributed by atoms with Gasteiger partial charge in [-0.2, -0.15) is 0 Å². The maximum Gasteiger partial charge on any atom is 0.249 e. The number of anilines is 1. The molecule has 0 spiro atoms. The Balaban J connectivity index is 3.32. The van der Waals surface area contributed by atoms with Gasteiger partial charge in [0.2, 0.25) is 10.0 Å². The summed E-state index contributed by atoms with van der Waals surface area (Å²) in [5.41, 5.74) is 5.49. The first-order valence-corrected chi connectivity index (χ1v) is 4.80. The number of rotatable bonds is 1. The molecule has 1 rings (SSSR count). The van der Waals surface area contributed by atoms with Gasteiger partial charge in [-0.3, -0.25) is 0 Å². The van der Waals surface area contributed by atoms with Crippen molar-refractivity contribution in [2.75, 3.05) is 5.73 Å². The smallest absolute Gasteiger partial charge is 0.249 e. The van der Waals surface area contributed by atoms with E-state index in [9.17, 15) is 8.42 Å². The van der Waals surface area contributed by atoms with Crippen LogP contribution >= 0.6 is 11.3 Å². The van der Waals surface area contributed by atoms with Crippen LogP contribution < -0.4 is 10.9 Å². The first-order chi connectivity index (χ1) is 4.52. The van der Waals surface area contributed by atoms with Crippen LogP contribution in [0.15, 0.2) is 15.7 Å². The predicted octanol–water partition coefficient (Wildman–Crippen LogP) is -0.0223. The molecule has 0 bridgehead atoms. The molecule has 4 nitrogen and oxygen atoms in total. The van der Waals surface area contributed by atoms with E-state index >= 15 is 0 Å². The van der Waals surface area contributed by atoms with E-state index in [0.29, 0.717) is 0 Å². The van der Waals surface area contributed by atoms with Gasteiger partial charge in [-0.05, 0) is 11.4 Å². The van der Waals surface area contributed by atoms with Crippen LogP contribution in [0, 0.1) is 0 Å². The van der Waals surface area contributed by atoms with Gasteiger partial charge < -0.3 is 5.73 Å². The molecule has 1 heterocycles. The Morgan fingerprint density at radius 3 is 2.30 bits per heavy atom. The number of hydrogen-bond acceptors (Lipinski definition) is 4. The van der Waals surface area contributed by atoms with Crippen molar-refractivity contribution in [1.82, 2.24) is 0 Å². The lowest BCUT2D eigenvalue weighted by atomic mass is 10.6. The molecule has 0 amide bonds. The number of nitrogen functional groups attached to an aromatic ring is 1. The van der Waals surface area contributed by atoms with Crippen LogP contribution in [-0.4, -0.2) is 8.42 Å². The highest BCUT2D eigenvalue weighted by atomic mass is 32.2. The fourth-order valence-electron chi connectivity index (χ4n) is 0.537. The van der Waals surface area contributed by atoms with Crippen LogP contribution in [0.25, 0.3) is 0 Å². The number of hydrogen-bond donors (Lipinski definition) is 2. The fraction of sp³-hybridized carbons (Fsp3) is 0. The molecule has 0 saturated carbocycles.